The summed E-state index contributed by atoms with van der Waals surface area (Å²) < 4.78 is 29.5. The van der Waals surface area contributed by atoms with Crippen LogP contribution in [0.25, 0.3) is 10.9 Å². The van der Waals surface area contributed by atoms with E-state index < -0.39 is 6.98 Å². The van der Waals surface area contributed by atoms with Crippen molar-refractivity contribution in [3.05, 3.63) is 65.9 Å². The second kappa shape index (κ2) is 6.70. The van der Waals surface area contributed by atoms with Crippen LogP contribution in [0.15, 0.2) is 54.7 Å². The zero-order valence-electron chi connectivity index (χ0n) is 16.7. The van der Waals surface area contributed by atoms with Crippen LogP contribution < -0.4 is 4.74 Å². The van der Waals surface area contributed by atoms with Gasteiger partial charge < -0.3 is 14.6 Å². The molecule has 0 aliphatic carbocycles. The maximum atomic E-state index is 7.78. The molecule has 0 bridgehead atoms. The molecule has 1 aromatic heterocycles. The lowest BCUT2D eigenvalue weighted by atomic mass is 10.0. The molecule has 1 N–H and O–H groups in total. The molecule has 0 amide bonds. The van der Waals surface area contributed by atoms with Crippen LogP contribution >= 0.6 is 0 Å². The highest BCUT2D eigenvalue weighted by atomic mass is 16.5. The molecule has 2 heterocycles. The van der Waals surface area contributed by atoms with Gasteiger partial charge in [-0.25, -0.2) is 0 Å². The zero-order valence-corrected chi connectivity index (χ0v) is 13.7. The number of likely N-dealkylation sites (N-methyl/N-ethyl adjacent to an activating group) is 1. The van der Waals surface area contributed by atoms with E-state index >= 15 is 0 Å². The highest BCUT2D eigenvalue weighted by Gasteiger charge is 2.22. The Hall–Kier alpha value is -2.26. The van der Waals surface area contributed by atoms with Gasteiger partial charge in [0.05, 0.1) is 0 Å². The smallest absolute Gasteiger partial charge is 0.129 e. The van der Waals surface area contributed by atoms with Crippen molar-refractivity contribution >= 4 is 10.9 Å². The Bertz CT molecular complexity index is 905. The van der Waals surface area contributed by atoms with Crippen molar-refractivity contribution in [1.82, 2.24) is 9.88 Å². The molecule has 1 saturated heterocycles. The monoisotopic (exact) mass is 323 g/mol. The maximum Gasteiger partial charge on any atom is 0.129 e. The molecule has 0 spiro atoms. The normalized spacial score (nSPS) is 20.7. The molecule has 3 aromatic rings. The second-order valence-corrected chi connectivity index (χ2v) is 6.46. The Morgan fingerprint density at radius 2 is 2.12 bits per heavy atom. The minimum atomic E-state index is -2.03. The van der Waals surface area contributed by atoms with Gasteiger partial charge in [-0.1, -0.05) is 36.4 Å². The first-order chi connectivity index (χ1) is 13.0. The summed E-state index contributed by atoms with van der Waals surface area (Å²) in [5, 5.41) is 1.06. The number of nitrogens with zero attached hydrogens (tertiary/aromatic N) is 1. The van der Waals surface area contributed by atoms with Crippen LogP contribution in [0.1, 0.15) is 28.1 Å². The van der Waals surface area contributed by atoms with Gasteiger partial charge in [0, 0.05) is 27.3 Å². The van der Waals surface area contributed by atoms with E-state index in [1.807, 2.05) is 54.7 Å². The van der Waals surface area contributed by atoms with Crippen molar-refractivity contribution in [2.75, 3.05) is 13.5 Å². The summed E-state index contributed by atoms with van der Waals surface area (Å²) in [6.45, 7) is -0.879. The number of aromatic amines is 1. The van der Waals surface area contributed by atoms with Gasteiger partial charge in [-0.2, -0.15) is 0 Å². The lowest BCUT2D eigenvalue weighted by Crippen LogP contribution is -2.26. The van der Waals surface area contributed by atoms with E-state index in [1.54, 1.807) is 4.90 Å². The molecule has 3 heteroatoms. The third kappa shape index (κ3) is 3.04. The molecule has 0 saturated carbocycles. The lowest BCUT2D eigenvalue weighted by molar-refractivity contribution is 0.306. The summed E-state index contributed by atoms with van der Waals surface area (Å²) >= 11 is 0. The highest BCUT2D eigenvalue weighted by Crippen LogP contribution is 2.32. The zero-order chi connectivity index (χ0) is 18.9. The van der Waals surface area contributed by atoms with Crippen LogP contribution in [0.5, 0.6) is 5.75 Å². The fourth-order valence-electron chi connectivity index (χ4n) is 3.54. The van der Waals surface area contributed by atoms with E-state index in [9.17, 15) is 0 Å². The second-order valence-electron chi connectivity index (χ2n) is 6.46. The largest absolute Gasteiger partial charge is 0.488 e. The Kier molecular flexibility index (Phi) is 3.39. The lowest BCUT2D eigenvalue weighted by Gasteiger charge is -2.19. The number of H-pyrrole nitrogens is 1. The van der Waals surface area contributed by atoms with E-state index in [0.29, 0.717) is 19.6 Å². The molecule has 1 fully saturated rings. The Balaban J connectivity index is 1.58. The predicted molar refractivity (Wildman–Crippen MR) is 98.4 cm³/mol. The number of fused-ring (bicyclic) bond motifs is 1. The fraction of sp³-hybridized carbons (Fsp3) is 0.333. The number of ether oxygens (including phenoxy) is 1. The summed E-state index contributed by atoms with van der Waals surface area (Å²) in [5.74, 6) is 0.839. The van der Waals surface area contributed by atoms with Gasteiger partial charge in [0.25, 0.3) is 0 Å². The number of nitrogens with one attached hydrogen (secondary N) is 1. The van der Waals surface area contributed by atoms with Gasteiger partial charge >= 0.3 is 0 Å². The number of aromatic nitrogens is 1. The van der Waals surface area contributed by atoms with E-state index in [4.69, 9.17) is 8.85 Å². The van der Waals surface area contributed by atoms with Crippen LogP contribution in [0, 0.1) is 0 Å². The van der Waals surface area contributed by atoms with Gasteiger partial charge in [-0.15, -0.1) is 0 Å². The van der Waals surface area contributed by atoms with Crippen molar-refractivity contribution < 1.29 is 8.85 Å². The summed E-state index contributed by atoms with van der Waals surface area (Å²) in [5.41, 5.74) is 3.26. The summed E-state index contributed by atoms with van der Waals surface area (Å²) in [4.78, 5) is 4.98. The van der Waals surface area contributed by atoms with E-state index in [-0.39, 0.29) is 6.04 Å². The van der Waals surface area contributed by atoms with Crippen molar-refractivity contribution in [3.8, 4) is 5.75 Å². The summed E-state index contributed by atoms with van der Waals surface area (Å²) in [6, 6.07) is 16.1. The summed E-state index contributed by atoms with van der Waals surface area (Å²) in [6.07, 6.45) is 4.56. The highest BCUT2D eigenvalue weighted by molar-refractivity contribution is 5.89. The average molecular weight is 323 g/mol. The van der Waals surface area contributed by atoms with Crippen LogP contribution in [0.3, 0.4) is 0 Å². The van der Waals surface area contributed by atoms with Crippen LogP contribution in [-0.2, 0) is 13.0 Å². The molecule has 1 aliphatic rings. The molecular weight excluding hydrogens is 296 g/mol. The van der Waals surface area contributed by atoms with E-state index in [2.05, 4.69) is 4.98 Å². The molecule has 2 aromatic carbocycles. The molecule has 4 rings (SSSR count). The molecule has 1 aliphatic heterocycles. The SMILES string of the molecule is [2H]C([2H])([2H])N1CCC[C@@H]1Cc1c[nH]c2cccc(OCc3ccccc3)c12. The van der Waals surface area contributed by atoms with Gasteiger partial charge in [0.1, 0.15) is 12.4 Å². The first-order valence-electron chi connectivity index (χ1n) is 10.0. The molecule has 0 radical (unpaired) electrons. The number of likely N-dealkylation sites (tertiary alicyclic amines) is 1. The topological polar surface area (TPSA) is 28.3 Å². The van der Waals surface area contributed by atoms with Crippen LogP contribution in [0.2, 0.25) is 0 Å². The van der Waals surface area contributed by atoms with E-state index in [0.717, 1.165) is 40.6 Å². The standard InChI is InChI=1S/C21H24N2O/c1-23-12-6-9-18(23)13-17-14-22-19-10-5-11-20(21(17)19)24-15-16-7-3-2-4-8-16/h2-5,7-8,10-11,14,18,22H,6,9,12-13,15H2,1H3/t18-/m1/s1/i1D3. The van der Waals surface area contributed by atoms with Gasteiger partial charge in [-0.05, 0) is 56.0 Å². The van der Waals surface area contributed by atoms with Gasteiger partial charge in [-0.3, -0.25) is 0 Å². The molecule has 0 unspecified atom stereocenters. The third-order valence-electron chi connectivity index (χ3n) is 4.82. The first kappa shape index (κ1) is 12.2. The Morgan fingerprint density at radius 1 is 1.21 bits per heavy atom. The summed E-state index contributed by atoms with van der Waals surface area (Å²) in [7, 11) is 0. The van der Waals surface area contributed by atoms with Gasteiger partial charge in [0.2, 0.25) is 0 Å². The van der Waals surface area contributed by atoms with Crippen molar-refractivity contribution in [3.63, 3.8) is 0 Å². The maximum absolute atomic E-state index is 7.78. The minimum Gasteiger partial charge on any atom is -0.488 e. The molecule has 1 atom stereocenters. The average Bonchev–Trinajstić information content (AvgIpc) is 3.29. The Labute approximate surface area is 147 Å². The Morgan fingerprint density at radius 3 is 3.00 bits per heavy atom. The molecular formula is C21H24N2O. The predicted octanol–water partition coefficient (Wildman–Crippen LogP) is 4.38. The van der Waals surface area contributed by atoms with E-state index in [1.165, 1.54) is 0 Å². The third-order valence-corrected chi connectivity index (χ3v) is 4.82. The number of benzene rings is 2. The number of hydrogen-bond acceptors (Lipinski definition) is 2. The first-order valence-corrected chi connectivity index (χ1v) is 8.55. The fourth-order valence-corrected chi connectivity index (χ4v) is 3.54. The quantitative estimate of drug-likeness (QED) is 0.754. The molecule has 24 heavy (non-hydrogen) atoms. The molecule has 3 nitrogen and oxygen atoms in total. The van der Waals surface area contributed by atoms with Gasteiger partial charge in [0.15, 0.2) is 0 Å². The minimum absolute atomic E-state index is 0.0404. The van der Waals surface area contributed by atoms with Crippen molar-refractivity contribution in [2.24, 2.45) is 0 Å². The number of hydrogen-bond donors (Lipinski definition) is 1. The van der Waals surface area contributed by atoms with Crippen molar-refractivity contribution in [2.45, 2.75) is 31.9 Å². The van der Waals surface area contributed by atoms with Crippen molar-refractivity contribution in [1.29, 1.82) is 0 Å². The van der Waals surface area contributed by atoms with Crippen LogP contribution in [0.4, 0.5) is 0 Å². The van der Waals surface area contributed by atoms with Crippen LogP contribution in [-0.4, -0.2) is 29.4 Å². The number of rotatable bonds is 5. The molecule has 124 valence electrons.